The predicted octanol–water partition coefficient (Wildman–Crippen LogP) is 4.49. The normalized spacial score (nSPS) is 11.4. The third kappa shape index (κ3) is 5.50. The third-order valence-corrected chi connectivity index (χ3v) is 3.68. The lowest BCUT2D eigenvalue weighted by molar-refractivity contribution is -0.137. The molecule has 4 nitrogen and oxygen atoms in total. The highest BCUT2D eigenvalue weighted by molar-refractivity contribution is 6.35. The number of benzene rings is 2. The fourth-order valence-electron chi connectivity index (χ4n) is 1.89. The van der Waals surface area contributed by atoms with E-state index >= 15 is 0 Å². The van der Waals surface area contributed by atoms with Crippen molar-refractivity contribution < 1.29 is 22.8 Å². The van der Waals surface area contributed by atoms with Crippen LogP contribution in [0.2, 0.25) is 10.0 Å². The maximum absolute atomic E-state index is 12.6. The van der Waals surface area contributed by atoms with Crippen LogP contribution in [0.1, 0.15) is 21.5 Å². The van der Waals surface area contributed by atoms with Crippen molar-refractivity contribution in [3.63, 3.8) is 0 Å². The molecule has 0 saturated carbocycles. The van der Waals surface area contributed by atoms with Gasteiger partial charge in [-0.3, -0.25) is 20.4 Å². The van der Waals surface area contributed by atoms with E-state index in [0.717, 1.165) is 18.2 Å². The summed E-state index contributed by atoms with van der Waals surface area (Å²) in [6, 6.07) is 8.70. The zero-order valence-corrected chi connectivity index (χ0v) is 14.4. The SMILES string of the molecule is O=C(/C=C/c1cccc(C(F)(F)F)c1)NNC(=O)c1cc(Cl)ccc1Cl. The van der Waals surface area contributed by atoms with Crippen LogP contribution in [-0.2, 0) is 11.0 Å². The molecule has 0 bridgehead atoms. The van der Waals surface area contributed by atoms with Crippen molar-refractivity contribution in [1.29, 1.82) is 0 Å². The van der Waals surface area contributed by atoms with Gasteiger partial charge in [0.05, 0.1) is 16.1 Å². The van der Waals surface area contributed by atoms with Gasteiger partial charge in [0, 0.05) is 11.1 Å². The molecule has 26 heavy (non-hydrogen) atoms. The topological polar surface area (TPSA) is 58.2 Å². The van der Waals surface area contributed by atoms with E-state index in [-0.39, 0.29) is 21.2 Å². The molecule has 2 amide bonds. The molecule has 2 rings (SSSR count). The Kier molecular flexibility index (Phi) is 6.28. The van der Waals surface area contributed by atoms with Gasteiger partial charge < -0.3 is 0 Å². The average Bonchev–Trinajstić information content (AvgIpc) is 2.59. The number of hydrogen-bond donors (Lipinski definition) is 2. The molecule has 0 saturated heterocycles. The standard InChI is InChI=1S/C17H11Cl2F3N2O2/c18-12-5-6-14(19)13(9-12)16(26)24-23-15(25)7-4-10-2-1-3-11(8-10)17(20,21)22/h1-9H,(H,23,25)(H,24,26)/b7-4+. The maximum Gasteiger partial charge on any atom is 0.416 e. The second kappa shape index (κ2) is 8.25. The van der Waals surface area contributed by atoms with E-state index in [1.54, 1.807) is 0 Å². The van der Waals surface area contributed by atoms with Crippen LogP contribution in [0.5, 0.6) is 0 Å². The van der Waals surface area contributed by atoms with Gasteiger partial charge in [0.25, 0.3) is 11.8 Å². The Morgan fingerprint density at radius 3 is 2.42 bits per heavy atom. The van der Waals surface area contributed by atoms with Crippen molar-refractivity contribution in [3.05, 3.63) is 75.3 Å². The van der Waals surface area contributed by atoms with Crippen molar-refractivity contribution in [3.8, 4) is 0 Å². The number of halogens is 5. The molecule has 0 aromatic heterocycles. The van der Waals surface area contributed by atoms with E-state index in [1.165, 1.54) is 36.4 Å². The Labute approximate surface area is 156 Å². The van der Waals surface area contributed by atoms with E-state index < -0.39 is 23.6 Å². The summed E-state index contributed by atoms with van der Waals surface area (Å²) in [6.45, 7) is 0. The molecule has 0 atom stereocenters. The second-order valence-corrected chi connectivity index (χ2v) is 5.87. The van der Waals surface area contributed by atoms with E-state index in [4.69, 9.17) is 23.2 Å². The summed E-state index contributed by atoms with van der Waals surface area (Å²) in [7, 11) is 0. The fourth-order valence-corrected chi connectivity index (χ4v) is 2.26. The molecule has 0 fully saturated rings. The minimum absolute atomic E-state index is 0.0568. The van der Waals surface area contributed by atoms with Gasteiger partial charge in [0.2, 0.25) is 0 Å². The van der Waals surface area contributed by atoms with Crippen molar-refractivity contribution in [2.24, 2.45) is 0 Å². The number of alkyl halides is 3. The first-order valence-corrected chi connectivity index (χ1v) is 7.83. The number of carbonyl (C=O) groups is 2. The summed E-state index contributed by atoms with van der Waals surface area (Å²) >= 11 is 11.6. The van der Waals surface area contributed by atoms with Crippen molar-refractivity contribution in [2.75, 3.05) is 0 Å². The number of carbonyl (C=O) groups excluding carboxylic acids is 2. The second-order valence-electron chi connectivity index (χ2n) is 5.02. The van der Waals surface area contributed by atoms with Gasteiger partial charge in [0.1, 0.15) is 0 Å². The number of hydrazine groups is 1. The zero-order valence-electron chi connectivity index (χ0n) is 12.9. The molecule has 2 aromatic rings. The number of nitrogens with one attached hydrogen (secondary N) is 2. The fraction of sp³-hybridized carbons (Fsp3) is 0.0588. The highest BCUT2D eigenvalue weighted by Crippen LogP contribution is 2.29. The summed E-state index contributed by atoms with van der Waals surface area (Å²) < 4.78 is 37.9. The molecule has 0 aliphatic heterocycles. The Hall–Kier alpha value is -2.51. The van der Waals surface area contributed by atoms with E-state index in [1.807, 2.05) is 0 Å². The van der Waals surface area contributed by atoms with Crippen LogP contribution >= 0.6 is 23.2 Å². The minimum Gasteiger partial charge on any atom is -0.268 e. The Morgan fingerprint density at radius 1 is 1.00 bits per heavy atom. The van der Waals surface area contributed by atoms with E-state index in [0.29, 0.717) is 0 Å². The molecule has 0 unspecified atom stereocenters. The van der Waals surface area contributed by atoms with Crippen molar-refractivity contribution in [1.82, 2.24) is 10.9 Å². The van der Waals surface area contributed by atoms with Gasteiger partial charge in [0.15, 0.2) is 0 Å². The molecule has 0 radical (unpaired) electrons. The van der Waals surface area contributed by atoms with Crippen LogP contribution in [0.15, 0.2) is 48.5 Å². The summed E-state index contributed by atoms with van der Waals surface area (Å²) in [5.74, 6) is -1.44. The molecule has 9 heteroatoms. The van der Waals surface area contributed by atoms with E-state index in [9.17, 15) is 22.8 Å². The largest absolute Gasteiger partial charge is 0.416 e. The van der Waals surface area contributed by atoms with Crippen molar-refractivity contribution >= 4 is 41.1 Å². The molecule has 0 aliphatic carbocycles. The molecular weight excluding hydrogens is 392 g/mol. The summed E-state index contributed by atoms with van der Waals surface area (Å²) in [5, 5.41) is 0.427. The molecular formula is C17H11Cl2F3N2O2. The zero-order chi connectivity index (χ0) is 19.3. The van der Waals surface area contributed by atoms with Crippen LogP contribution in [0, 0.1) is 0 Å². The molecule has 136 valence electrons. The lowest BCUT2D eigenvalue weighted by Crippen LogP contribution is -2.40. The lowest BCUT2D eigenvalue weighted by Gasteiger charge is -2.08. The number of hydrogen-bond acceptors (Lipinski definition) is 2. The summed E-state index contributed by atoms with van der Waals surface area (Å²) in [5.41, 5.74) is 3.63. The number of amides is 2. The molecule has 2 N–H and O–H groups in total. The molecule has 0 heterocycles. The maximum atomic E-state index is 12.6. The van der Waals surface area contributed by atoms with Crippen LogP contribution in [0.25, 0.3) is 6.08 Å². The van der Waals surface area contributed by atoms with Crippen LogP contribution < -0.4 is 10.9 Å². The highest BCUT2D eigenvalue weighted by atomic mass is 35.5. The third-order valence-electron chi connectivity index (χ3n) is 3.11. The molecule has 0 spiro atoms. The van der Waals surface area contributed by atoms with Gasteiger partial charge in [-0.15, -0.1) is 0 Å². The quantitative estimate of drug-likeness (QED) is 0.586. The lowest BCUT2D eigenvalue weighted by atomic mass is 10.1. The first-order valence-electron chi connectivity index (χ1n) is 7.07. The van der Waals surface area contributed by atoms with Gasteiger partial charge in [-0.2, -0.15) is 13.2 Å². The highest BCUT2D eigenvalue weighted by Gasteiger charge is 2.30. The Bertz CT molecular complexity index is 867. The summed E-state index contributed by atoms with van der Waals surface area (Å²) in [4.78, 5) is 23.6. The smallest absolute Gasteiger partial charge is 0.268 e. The van der Waals surface area contributed by atoms with Gasteiger partial charge in [-0.1, -0.05) is 35.3 Å². The van der Waals surface area contributed by atoms with Crippen LogP contribution in [-0.4, -0.2) is 11.8 Å². The van der Waals surface area contributed by atoms with Gasteiger partial charge in [-0.25, -0.2) is 0 Å². The van der Waals surface area contributed by atoms with Gasteiger partial charge >= 0.3 is 6.18 Å². The Morgan fingerprint density at radius 2 is 1.73 bits per heavy atom. The van der Waals surface area contributed by atoms with Crippen molar-refractivity contribution in [2.45, 2.75) is 6.18 Å². The van der Waals surface area contributed by atoms with Crippen LogP contribution in [0.3, 0.4) is 0 Å². The predicted molar refractivity (Wildman–Crippen MR) is 92.5 cm³/mol. The van der Waals surface area contributed by atoms with Gasteiger partial charge in [-0.05, 0) is 42.0 Å². The average molecular weight is 403 g/mol. The van der Waals surface area contributed by atoms with E-state index in [2.05, 4.69) is 10.9 Å². The minimum atomic E-state index is -4.48. The first kappa shape index (κ1) is 19.8. The monoisotopic (exact) mass is 402 g/mol. The first-order chi connectivity index (χ1) is 12.2. The Balaban J connectivity index is 1.97. The van der Waals surface area contributed by atoms with Crippen LogP contribution in [0.4, 0.5) is 13.2 Å². The summed E-state index contributed by atoms with van der Waals surface area (Å²) in [6.07, 6.45) is -2.31. The number of rotatable bonds is 3. The molecule has 2 aromatic carbocycles. The molecule has 0 aliphatic rings.